The van der Waals surface area contributed by atoms with Gasteiger partial charge in [0.15, 0.2) is 11.4 Å². The fraction of sp³-hybridized carbons (Fsp3) is 0.367. The van der Waals surface area contributed by atoms with Crippen molar-refractivity contribution in [2.24, 2.45) is 0 Å². The normalized spacial score (nSPS) is 14.9. The highest BCUT2D eigenvalue weighted by Crippen LogP contribution is 2.35. The van der Waals surface area contributed by atoms with Crippen LogP contribution in [0, 0.1) is 13.8 Å². The quantitative estimate of drug-likeness (QED) is 0.257. The number of piperidine rings is 1. The molecule has 0 saturated carbocycles. The van der Waals surface area contributed by atoms with Gasteiger partial charge in [-0.15, -0.1) is 0 Å². The Labute approximate surface area is 237 Å². The molecule has 2 aromatic carbocycles. The van der Waals surface area contributed by atoms with Crippen molar-refractivity contribution in [3.05, 3.63) is 83.2 Å². The van der Waals surface area contributed by atoms with Crippen LogP contribution in [0.3, 0.4) is 0 Å². The molecule has 41 heavy (non-hydrogen) atoms. The summed E-state index contributed by atoms with van der Waals surface area (Å²) >= 11 is 0. The topological polar surface area (TPSA) is 181 Å². The van der Waals surface area contributed by atoms with Gasteiger partial charge in [0.05, 0.1) is 18.4 Å². The van der Waals surface area contributed by atoms with Crippen molar-refractivity contribution >= 4 is 17.9 Å². The van der Waals surface area contributed by atoms with Crippen molar-refractivity contribution in [3.8, 4) is 11.4 Å². The summed E-state index contributed by atoms with van der Waals surface area (Å²) in [5, 5.41) is 45.0. The minimum atomic E-state index is -2.74. The van der Waals surface area contributed by atoms with Gasteiger partial charge in [-0.05, 0) is 43.4 Å². The minimum absolute atomic E-state index is 0.715. The first kappa shape index (κ1) is 31.3. The molecule has 1 fully saturated rings. The summed E-state index contributed by atoms with van der Waals surface area (Å²) in [7, 11) is 0. The molecule has 4 rings (SSSR count). The van der Waals surface area contributed by atoms with E-state index in [4.69, 9.17) is 20.4 Å². The first-order valence-electron chi connectivity index (χ1n) is 13.1. The van der Waals surface area contributed by atoms with Crippen molar-refractivity contribution < 1.29 is 39.9 Å². The van der Waals surface area contributed by atoms with E-state index in [0.717, 1.165) is 55.0 Å². The van der Waals surface area contributed by atoms with Crippen LogP contribution in [-0.2, 0) is 26.5 Å². The molecule has 3 aromatic rings. The zero-order valence-electron chi connectivity index (χ0n) is 23.0. The van der Waals surface area contributed by atoms with Crippen molar-refractivity contribution in [2.75, 3.05) is 13.1 Å². The zero-order chi connectivity index (χ0) is 30.2. The summed E-state index contributed by atoms with van der Waals surface area (Å²) < 4.78 is 0. The summed E-state index contributed by atoms with van der Waals surface area (Å²) in [5.74, 6) is -4.25. The maximum Gasteiger partial charge on any atom is 0.336 e. The van der Waals surface area contributed by atoms with Crippen LogP contribution in [0.2, 0.25) is 0 Å². The number of hydrogen-bond donors (Lipinski definition) is 5. The summed E-state index contributed by atoms with van der Waals surface area (Å²) in [6.45, 7) is 6.70. The molecule has 0 spiro atoms. The zero-order valence-corrected chi connectivity index (χ0v) is 23.0. The third-order valence-corrected chi connectivity index (χ3v) is 7.11. The molecule has 5 N–H and O–H groups in total. The minimum Gasteiger partial charge on any atom is -0.481 e. The SMILES string of the molecule is Cc1ccccc1-c1ncc(CN2CCC(O)(c3ccccc3C)CC2)cn1.O=C(O)CC(O)(CC(=O)O)C(=O)O. The van der Waals surface area contributed by atoms with E-state index >= 15 is 0 Å². The van der Waals surface area contributed by atoms with Gasteiger partial charge in [0.2, 0.25) is 0 Å². The van der Waals surface area contributed by atoms with Crippen LogP contribution in [0.15, 0.2) is 60.9 Å². The number of aliphatic carboxylic acids is 3. The standard InChI is InChI=1S/C24H27N3O.C6H8O7/c1-18-7-3-5-9-21(18)23-25-15-20(16-26-23)17-27-13-11-24(28,12-14-27)22-10-6-4-8-19(22)2;7-3(8)1-6(13,5(11)12)2-4(9)10/h3-10,15-16,28H,11-14,17H2,1-2H3;13H,1-2H2,(H,7,8)(H,9,10)(H,11,12). The van der Waals surface area contributed by atoms with E-state index in [2.05, 4.69) is 53.0 Å². The Balaban J connectivity index is 0.000000302. The van der Waals surface area contributed by atoms with Crippen LogP contribution >= 0.6 is 0 Å². The molecule has 11 heteroatoms. The Hall–Kier alpha value is -4.19. The Morgan fingerprint density at radius 3 is 1.85 bits per heavy atom. The third-order valence-electron chi connectivity index (χ3n) is 7.11. The van der Waals surface area contributed by atoms with Gasteiger partial charge < -0.3 is 25.5 Å². The van der Waals surface area contributed by atoms with E-state index in [0.29, 0.717) is 0 Å². The molecule has 0 unspecified atom stereocenters. The molecule has 1 saturated heterocycles. The average molecular weight is 566 g/mol. The first-order chi connectivity index (χ1) is 19.3. The number of carboxylic acids is 3. The second-order valence-corrected chi connectivity index (χ2v) is 10.3. The number of aromatic nitrogens is 2. The number of benzene rings is 2. The highest BCUT2D eigenvalue weighted by atomic mass is 16.4. The van der Waals surface area contributed by atoms with Crippen LogP contribution < -0.4 is 0 Å². The molecular formula is C30H35N3O8. The van der Waals surface area contributed by atoms with Gasteiger partial charge in [0, 0.05) is 43.2 Å². The predicted molar refractivity (Wildman–Crippen MR) is 149 cm³/mol. The number of nitrogens with zero attached hydrogens (tertiary/aromatic N) is 3. The van der Waals surface area contributed by atoms with Crippen LogP contribution in [0.5, 0.6) is 0 Å². The fourth-order valence-electron chi connectivity index (χ4n) is 4.82. The maximum absolute atomic E-state index is 11.1. The van der Waals surface area contributed by atoms with E-state index in [1.807, 2.05) is 36.7 Å². The van der Waals surface area contributed by atoms with Crippen molar-refractivity contribution in [1.29, 1.82) is 0 Å². The highest BCUT2D eigenvalue weighted by Gasteiger charge is 2.40. The molecule has 0 amide bonds. The van der Waals surface area contributed by atoms with Crippen LogP contribution in [0.25, 0.3) is 11.4 Å². The third kappa shape index (κ3) is 8.40. The van der Waals surface area contributed by atoms with Gasteiger partial charge in [-0.25, -0.2) is 14.8 Å². The van der Waals surface area contributed by atoms with Gasteiger partial charge in [-0.1, -0.05) is 48.5 Å². The van der Waals surface area contributed by atoms with E-state index in [1.54, 1.807) is 0 Å². The van der Waals surface area contributed by atoms with E-state index < -0.39 is 42.0 Å². The molecule has 218 valence electrons. The largest absolute Gasteiger partial charge is 0.481 e. The lowest BCUT2D eigenvalue weighted by Crippen LogP contribution is -2.42. The summed E-state index contributed by atoms with van der Waals surface area (Å²) in [5.41, 5.74) is 2.15. The molecule has 1 aliphatic heterocycles. The molecule has 0 bridgehead atoms. The highest BCUT2D eigenvalue weighted by molar-refractivity contribution is 5.88. The molecule has 1 aromatic heterocycles. The Morgan fingerprint density at radius 1 is 0.854 bits per heavy atom. The second-order valence-electron chi connectivity index (χ2n) is 10.3. The summed E-state index contributed by atoms with van der Waals surface area (Å²) in [6, 6.07) is 16.4. The van der Waals surface area contributed by atoms with Crippen molar-refractivity contribution in [3.63, 3.8) is 0 Å². The molecule has 0 aliphatic carbocycles. The Bertz CT molecular complexity index is 1350. The number of aryl methyl sites for hydroxylation is 2. The molecule has 1 aliphatic rings. The van der Waals surface area contributed by atoms with Crippen LogP contribution in [0.1, 0.15) is 47.9 Å². The summed E-state index contributed by atoms with van der Waals surface area (Å²) in [4.78, 5) is 42.0. The lowest BCUT2D eigenvalue weighted by Gasteiger charge is -2.39. The van der Waals surface area contributed by atoms with Gasteiger partial charge in [-0.3, -0.25) is 14.5 Å². The molecular weight excluding hydrogens is 530 g/mol. The smallest absolute Gasteiger partial charge is 0.336 e. The lowest BCUT2D eigenvalue weighted by molar-refractivity contribution is -0.170. The number of likely N-dealkylation sites (tertiary alicyclic amines) is 1. The van der Waals surface area contributed by atoms with Gasteiger partial charge in [-0.2, -0.15) is 0 Å². The van der Waals surface area contributed by atoms with Crippen LogP contribution in [-0.4, -0.2) is 77.0 Å². The molecule has 0 radical (unpaired) electrons. The number of rotatable bonds is 9. The maximum atomic E-state index is 11.1. The predicted octanol–water partition coefficient (Wildman–Crippen LogP) is 3.00. The monoisotopic (exact) mass is 565 g/mol. The average Bonchev–Trinajstić information content (AvgIpc) is 2.90. The van der Waals surface area contributed by atoms with Crippen molar-refractivity contribution in [1.82, 2.24) is 14.9 Å². The molecule has 11 nitrogen and oxygen atoms in total. The van der Waals surface area contributed by atoms with Crippen molar-refractivity contribution in [2.45, 2.75) is 57.3 Å². The fourth-order valence-corrected chi connectivity index (χ4v) is 4.82. The number of aliphatic hydroxyl groups is 2. The number of carbonyl (C=O) groups is 3. The second kappa shape index (κ2) is 13.4. The van der Waals surface area contributed by atoms with Gasteiger partial charge in [0.25, 0.3) is 0 Å². The summed E-state index contributed by atoms with van der Waals surface area (Å²) in [6.07, 6.45) is 3.07. The first-order valence-corrected chi connectivity index (χ1v) is 13.1. The Kier molecular flexibility index (Phi) is 10.3. The van der Waals surface area contributed by atoms with E-state index in [9.17, 15) is 19.5 Å². The molecule has 0 atom stereocenters. The Morgan fingerprint density at radius 2 is 1.37 bits per heavy atom. The van der Waals surface area contributed by atoms with Gasteiger partial charge in [0.1, 0.15) is 0 Å². The van der Waals surface area contributed by atoms with E-state index in [1.165, 1.54) is 11.1 Å². The van der Waals surface area contributed by atoms with E-state index in [-0.39, 0.29) is 0 Å². The lowest BCUT2D eigenvalue weighted by atomic mass is 9.82. The van der Waals surface area contributed by atoms with Crippen LogP contribution in [0.4, 0.5) is 0 Å². The van der Waals surface area contributed by atoms with Gasteiger partial charge >= 0.3 is 17.9 Å². The number of hydrogen-bond acceptors (Lipinski definition) is 8. The number of carboxylic acid groups (broad SMARTS) is 3. The molecule has 2 heterocycles.